The maximum atomic E-state index is 13.7. The third-order valence-electron chi connectivity index (χ3n) is 4.97. The number of hydrogen-bond donors (Lipinski definition) is 1. The van der Waals surface area contributed by atoms with Crippen molar-refractivity contribution < 1.29 is 31.8 Å². The zero-order chi connectivity index (χ0) is 23.3. The van der Waals surface area contributed by atoms with Gasteiger partial charge in [-0.1, -0.05) is 11.6 Å². The summed E-state index contributed by atoms with van der Waals surface area (Å²) in [5.41, 5.74) is 0.0402. The fraction of sp³-hybridized carbons (Fsp3) is 0.381. The predicted molar refractivity (Wildman–Crippen MR) is 117 cm³/mol. The second-order valence-electron chi connectivity index (χ2n) is 7.07. The molecule has 1 saturated heterocycles. The summed E-state index contributed by atoms with van der Waals surface area (Å²) in [5.74, 6) is -0.697. The van der Waals surface area contributed by atoms with Crippen LogP contribution in [0.2, 0.25) is 5.02 Å². The second kappa shape index (κ2) is 10.4. The number of rotatable bonds is 9. The van der Waals surface area contributed by atoms with E-state index in [4.69, 9.17) is 25.8 Å². The average molecular weight is 487 g/mol. The van der Waals surface area contributed by atoms with Crippen LogP contribution in [0.5, 0.6) is 11.5 Å². The molecule has 1 heterocycles. The van der Waals surface area contributed by atoms with Crippen molar-refractivity contribution in [2.24, 2.45) is 0 Å². The van der Waals surface area contributed by atoms with Gasteiger partial charge in [0, 0.05) is 19.2 Å². The van der Waals surface area contributed by atoms with Crippen LogP contribution in [0.1, 0.15) is 12.8 Å². The summed E-state index contributed by atoms with van der Waals surface area (Å²) in [6.45, 7) is 0.368. The second-order valence-corrected chi connectivity index (χ2v) is 9.34. The van der Waals surface area contributed by atoms with Gasteiger partial charge in [-0.3, -0.25) is 9.10 Å². The van der Waals surface area contributed by atoms with E-state index in [9.17, 15) is 17.6 Å². The van der Waals surface area contributed by atoms with Gasteiger partial charge in [-0.05, 0) is 43.2 Å². The van der Waals surface area contributed by atoms with Gasteiger partial charge >= 0.3 is 0 Å². The molecule has 1 aliphatic rings. The largest absolute Gasteiger partial charge is 0.493 e. The molecule has 0 aliphatic carbocycles. The summed E-state index contributed by atoms with van der Waals surface area (Å²) >= 11 is 5.87. The molecule has 8 nitrogen and oxygen atoms in total. The van der Waals surface area contributed by atoms with Gasteiger partial charge in [0.15, 0.2) is 11.5 Å². The number of hydrogen-bond acceptors (Lipinski definition) is 6. The molecule has 32 heavy (non-hydrogen) atoms. The summed E-state index contributed by atoms with van der Waals surface area (Å²) < 4.78 is 57.3. The molecule has 0 saturated carbocycles. The van der Waals surface area contributed by atoms with E-state index in [0.717, 1.165) is 29.3 Å². The fourth-order valence-corrected chi connectivity index (χ4v) is 4.88. The highest BCUT2D eigenvalue weighted by Crippen LogP contribution is 2.33. The maximum absolute atomic E-state index is 13.7. The van der Waals surface area contributed by atoms with Crippen LogP contribution >= 0.6 is 11.6 Å². The Labute approximate surface area is 191 Å². The molecule has 174 valence electrons. The van der Waals surface area contributed by atoms with Crippen molar-refractivity contribution in [2.75, 3.05) is 38.2 Å². The van der Waals surface area contributed by atoms with E-state index in [1.807, 2.05) is 0 Å². The van der Waals surface area contributed by atoms with Gasteiger partial charge < -0.3 is 19.5 Å². The number of halogens is 2. The zero-order valence-corrected chi connectivity index (χ0v) is 19.2. The predicted octanol–water partition coefficient (Wildman–Crippen LogP) is 2.99. The van der Waals surface area contributed by atoms with Crippen LogP contribution in [0, 0.1) is 5.82 Å². The van der Waals surface area contributed by atoms with Gasteiger partial charge in [0.1, 0.15) is 12.4 Å². The molecule has 1 fully saturated rings. The van der Waals surface area contributed by atoms with E-state index in [1.165, 1.54) is 38.5 Å². The van der Waals surface area contributed by atoms with E-state index in [1.54, 1.807) is 0 Å². The molecule has 1 N–H and O–H groups in total. The Balaban J connectivity index is 1.93. The highest BCUT2D eigenvalue weighted by molar-refractivity contribution is 7.92. The van der Waals surface area contributed by atoms with Crippen molar-refractivity contribution in [3.63, 3.8) is 0 Å². The molecule has 1 atom stereocenters. The van der Waals surface area contributed by atoms with Crippen LogP contribution in [-0.4, -0.2) is 54.3 Å². The molecule has 0 bridgehead atoms. The van der Waals surface area contributed by atoms with Crippen molar-refractivity contribution >= 4 is 33.2 Å². The molecular weight excluding hydrogens is 463 g/mol. The van der Waals surface area contributed by atoms with Crippen molar-refractivity contribution in [3.05, 3.63) is 47.2 Å². The first-order chi connectivity index (χ1) is 15.3. The summed E-state index contributed by atoms with van der Waals surface area (Å²) in [6, 6.07) is 7.50. The summed E-state index contributed by atoms with van der Waals surface area (Å²) in [6.07, 6.45) is 1.63. The lowest BCUT2D eigenvalue weighted by Gasteiger charge is -2.25. The van der Waals surface area contributed by atoms with E-state index in [-0.39, 0.29) is 34.0 Å². The number of nitrogens with one attached hydrogen (secondary N) is 1. The highest BCUT2D eigenvalue weighted by atomic mass is 35.5. The molecule has 2 aromatic rings. The number of nitrogens with zero attached hydrogens (tertiary/aromatic N) is 1. The monoisotopic (exact) mass is 486 g/mol. The van der Waals surface area contributed by atoms with E-state index in [2.05, 4.69) is 5.32 Å². The van der Waals surface area contributed by atoms with Gasteiger partial charge in [-0.25, -0.2) is 12.8 Å². The third-order valence-corrected chi connectivity index (χ3v) is 7.03. The number of methoxy groups -OCH3 is 2. The SMILES string of the molecule is COc1ccc(S(=O)(=O)N(CC(=O)NCC2CCCO2)c2ccc(F)c(Cl)c2)cc1OC. The van der Waals surface area contributed by atoms with E-state index >= 15 is 0 Å². The first-order valence-corrected chi connectivity index (χ1v) is 11.7. The lowest BCUT2D eigenvalue weighted by atomic mass is 10.2. The third kappa shape index (κ3) is 5.43. The number of amides is 1. The van der Waals surface area contributed by atoms with Crippen LogP contribution in [0.4, 0.5) is 10.1 Å². The number of carbonyl (C=O) groups is 1. The first kappa shape index (κ1) is 24.1. The maximum Gasteiger partial charge on any atom is 0.264 e. The Morgan fingerprint density at radius 2 is 1.97 bits per heavy atom. The topological polar surface area (TPSA) is 94.2 Å². The number of ether oxygens (including phenoxy) is 3. The number of benzene rings is 2. The van der Waals surface area contributed by atoms with Crippen molar-refractivity contribution in [3.8, 4) is 11.5 Å². The molecule has 0 aromatic heterocycles. The smallest absolute Gasteiger partial charge is 0.264 e. The normalized spacial score (nSPS) is 15.9. The molecule has 11 heteroatoms. The van der Waals surface area contributed by atoms with Crippen molar-refractivity contribution in [1.29, 1.82) is 0 Å². The van der Waals surface area contributed by atoms with Crippen LogP contribution in [-0.2, 0) is 19.6 Å². The van der Waals surface area contributed by atoms with E-state index < -0.39 is 28.3 Å². The van der Waals surface area contributed by atoms with Gasteiger partial charge in [-0.2, -0.15) is 0 Å². The minimum atomic E-state index is -4.25. The molecule has 1 amide bonds. The molecule has 1 unspecified atom stereocenters. The summed E-state index contributed by atoms with van der Waals surface area (Å²) in [5, 5.41) is 2.42. The Kier molecular flexibility index (Phi) is 7.81. The van der Waals surface area contributed by atoms with Crippen LogP contribution in [0.25, 0.3) is 0 Å². The molecule has 0 spiro atoms. The van der Waals surface area contributed by atoms with E-state index in [0.29, 0.717) is 12.4 Å². The number of carbonyl (C=O) groups excluding carboxylic acids is 1. The minimum Gasteiger partial charge on any atom is -0.493 e. The summed E-state index contributed by atoms with van der Waals surface area (Å²) in [7, 11) is -1.44. The lowest BCUT2D eigenvalue weighted by Crippen LogP contribution is -2.42. The van der Waals surface area contributed by atoms with Crippen LogP contribution in [0.3, 0.4) is 0 Å². The van der Waals surface area contributed by atoms with Crippen molar-refractivity contribution in [1.82, 2.24) is 5.32 Å². The molecule has 1 aliphatic heterocycles. The minimum absolute atomic E-state index is 0.0402. The molecular formula is C21H24ClFN2O6S. The lowest BCUT2D eigenvalue weighted by molar-refractivity contribution is -0.120. The Morgan fingerprint density at radius 1 is 1.22 bits per heavy atom. The molecule has 0 radical (unpaired) electrons. The van der Waals surface area contributed by atoms with Gasteiger partial charge in [-0.15, -0.1) is 0 Å². The highest BCUT2D eigenvalue weighted by Gasteiger charge is 2.29. The number of anilines is 1. The van der Waals surface area contributed by atoms with Gasteiger partial charge in [0.2, 0.25) is 5.91 Å². The van der Waals surface area contributed by atoms with Gasteiger partial charge in [0.05, 0.1) is 35.9 Å². The fourth-order valence-electron chi connectivity index (χ4n) is 3.28. The summed E-state index contributed by atoms with van der Waals surface area (Å²) in [4.78, 5) is 12.5. The Morgan fingerprint density at radius 3 is 2.59 bits per heavy atom. The molecule has 2 aromatic carbocycles. The number of sulfonamides is 1. The zero-order valence-electron chi connectivity index (χ0n) is 17.6. The standard InChI is InChI=1S/C21H24ClFN2O6S/c1-29-19-8-6-16(11-20(19)30-2)32(27,28)25(14-5-7-18(23)17(22)10-14)13-21(26)24-12-15-4-3-9-31-15/h5-8,10-11,15H,3-4,9,12-13H2,1-2H3,(H,24,26). The average Bonchev–Trinajstić information content (AvgIpc) is 3.31. The Hall–Kier alpha value is -2.56. The Bertz CT molecular complexity index is 1080. The first-order valence-electron chi connectivity index (χ1n) is 9.84. The van der Waals surface area contributed by atoms with Crippen LogP contribution < -0.4 is 19.1 Å². The van der Waals surface area contributed by atoms with Crippen molar-refractivity contribution in [2.45, 2.75) is 23.8 Å². The van der Waals surface area contributed by atoms with Crippen LogP contribution in [0.15, 0.2) is 41.3 Å². The molecule has 3 rings (SSSR count). The van der Waals surface area contributed by atoms with Gasteiger partial charge in [0.25, 0.3) is 10.0 Å². The quantitative estimate of drug-likeness (QED) is 0.585.